The maximum absolute atomic E-state index is 11.7. The summed E-state index contributed by atoms with van der Waals surface area (Å²) in [6.45, 7) is 0. The average Bonchev–Trinajstić information content (AvgIpc) is 2.59. The van der Waals surface area contributed by atoms with Crippen LogP contribution in [0.1, 0.15) is 32.1 Å². The van der Waals surface area contributed by atoms with Gasteiger partial charge < -0.3 is 10.4 Å². The number of sulfone groups is 1. The number of hydrogen-bond donors (Lipinski definition) is 2. The van der Waals surface area contributed by atoms with Gasteiger partial charge in [0, 0.05) is 18.0 Å². The van der Waals surface area contributed by atoms with Crippen LogP contribution in [0.4, 0.5) is 0 Å². The van der Waals surface area contributed by atoms with Crippen molar-refractivity contribution in [3.8, 4) is 0 Å². The van der Waals surface area contributed by atoms with Gasteiger partial charge in [0.25, 0.3) is 0 Å². The van der Waals surface area contributed by atoms with Crippen LogP contribution in [0.25, 0.3) is 0 Å². The van der Waals surface area contributed by atoms with Gasteiger partial charge in [-0.2, -0.15) is 0 Å². The summed E-state index contributed by atoms with van der Waals surface area (Å²) in [7, 11) is -2.86. The molecule has 98 valence electrons. The summed E-state index contributed by atoms with van der Waals surface area (Å²) in [5.74, 6) is 0.953. The zero-order valence-electron chi connectivity index (χ0n) is 10.0. The van der Waals surface area contributed by atoms with Crippen LogP contribution in [0, 0.1) is 11.8 Å². The minimum absolute atomic E-state index is 0.156. The van der Waals surface area contributed by atoms with Crippen molar-refractivity contribution in [3.05, 3.63) is 0 Å². The van der Waals surface area contributed by atoms with Gasteiger partial charge >= 0.3 is 0 Å². The predicted octanol–water partition coefficient (Wildman–Crippen LogP) is 0.313. The molecule has 3 aliphatic rings. The van der Waals surface area contributed by atoms with Crippen molar-refractivity contribution in [1.82, 2.24) is 5.32 Å². The molecule has 0 aromatic carbocycles. The van der Waals surface area contributed by atoms with E-state index in [0.29, 0.717) is 17.8 Å². The summed E-state index contributed by atoms with van der Waals surface area (Å²) in [5, 5.41) is 13.8. The van der Waals surface area contributed by atoms with Gasteiger partial charge in [-0.1, -0.05) is 0 Å². The Bertz CT molecular complexity index is 395. The van der Waals surface area contributed by atoms with E-state index in [9.17, 15) is 13.5 Å². The Morgan fingerprint density at radius 3 is 2.76 bits per heavy atom. The van der Waals surface area contributed by atoms with Crippen molar-refractivity contribution < 1.29 is 13.5 Å². The van der Waals surface area contributed by atoms with Crippen LogP contribution >= 0.6 is 0 Å². The van der Waals surface area contributed by atoms with E-state index >= 15 is 0 Å². The van der Waals surface area contributed by atoms with Crippen LogP contribution in [0.2, 0.25) is 0 Å². The molecule has 0 aromatic heterocycles. The zero-order chi connectivity index (χ0) is 12.0. The summed E-state index contributed by atoms with van der Waals surface area (Å²) in [6.07, 6.45) is 4.47. The molecular formula is C12H21NO3S. The van der Waals surface area contributed by atoms with Gasteiger partial charge in [-0.25, -0.2) is 8.42 Å². The molecule has 0 saturated carbocycles. The van der Waals surface area contributed by atoms with Crippen LogP contribution in [-0.2, 0) is 9.84 Å². The molecule has 4 nitrogen and oxygen atoms in total. The molecule has 0 aliphatic carbocycles. The molecule has 3 heterocycles. The first-order valence-corrected chi connectivity index (χ1v) is 8.52. The minimum Gasteiger partial charge on any atom is -0.393 e. The standard InChI is InChI=1S/C12H21NO3S/c14-11-6-9-3-4-10(13-9)12(11)8-2-1-5-17(15,16)7-8/h8-14H,1-7H2. The number of fused-ring (bicyclic) bond motifs is 2. The molecule has 0 amide bonds. The first-order valence-electron chi connectivity index (χ1n) is 6.70. The largest absolute Gasteiger partial charge is 0.393 e. The first-order chi connectivity index (χ1) is 8.05. The molecule has 5 atom stereocenters. The normalized spacial score (nSPS) is 49.1. The summed E-state index contributed by atoms with van der Waals surface area (Å²) in [6, 6.07) is 0.813. The molecule has 0 aromatic rings. The number of nitrogens with one attached hydrogen (secondary N) is 1. The van der Waals surface area contributed by atoms with Crippen LogP contribution in [0.3, 0.4) is 0 Å². The molecule has 3 aliphatic heterocycles. The highest BCUT2D eigenvalue weighted by Gasteiger charge is 2.45. The van der Waals surface area contributed by atoms with Gasteiger partial charge in [0.1, 0.15) is 0 Å². The lowest BCUT2D eigenvalue weighted by atomic mass is 9.78. The summed E-state index contributed by atoms with van der Waals surface area (Å²) >= 11 is 0. The zero-order valence-corrected chi connectivity index (χ0v) is 10.8. The van der Waals surface area contributed by atoms with Gasteiger partial charge in [-0.05, 0) is 38.0 Å². The van der Waals surface area contributed by atoms with Gasteiger partial charge in [0.15, 0.2) is 9.84 Å². The van der Waals surface area contributed by atoms with Crippen LogP contribution < -0.4 is 5.32 Å². The third-order valence-corrected chi connectivity index (χ3v) is 6.60. The molecular weight excluding hydrogens is 238 g/mol. The third-order valence-electron chi connectivity index (χ3n) is 4.75. The fraction of sp³-hybridized carbons (Fsp3) is 1.00. The molecule has 5 unspecified atom stereocenters. The molecule has 0 radical (unpaired) electrons. The molecule has 3 fully saturated rings. The number of aliphatic hydroxyl groups is 1. The second-order valence-electron chi connectivity index (χ2n) is 5.94. The lowest BCUT2D eigenvalue weighted by Crippen LogP contribution is -2.52. The Morgan fingerprint density at radius 1 is 1.18 bits per heavy atom. The maximum Gasteiger partial charge on any atom is 0.150 e. The molecule has 5 heteroatoms. The van der Waals surface area contributed by atoms with E-state index in [1.807, 2.05) is 0 Å². The highest BCUT2D eigenvalue weighted by molar-refractivity contribution is 7.91. The van der Waals surface area contributed by atoms with Crippen LogP contribution in [-0.4, -0.2) is 43.2 Å². The average molecular weight is 259 g/mol. The van der Waals surface area contributed by atoms with Crippen molar-refractivity contribution in [3.63, 3.8) is 0 Å². The first kappa shape index (κ1) is 11.9. The Morgan fingerprint density at radius 2 is 2.00 bits per heavy atom. The molecule has 0 spiro atoms. The maximum atomic E-state index is 11.7. The van der Waals surface area contributed by atoms with Crippen molar-refractivity contribution in [1.29, 1.82) is 0 Å². The van der Waals surface area contributed by atoms with Crippen molar-refractivity contribution in [2.75, 3.05) is 11.5 Å². The summed E-state index contributed by atoms with van der Waals surface area (Å²) < 4.78 is 23.4. The van der Waals surface area contributed by atoms with E-state index < -0.39 is 9.84 Å². The van der Waals surface area contributed by atoms with E-state index in [-0.39, 0.29) is 23.7 Å². The van der Waals surface area contributed by atoms with Crippen molar-refractivity contribution in [2.45, 2.75) is 50.3 Å². The highest BCUT2D eigenvalue weighted by atomic mass is 32.2. The Labute approximate surface area is 103 Å². The fourth-order valence-corrected chi connectivity index (χ4v) is 5.88. The number of rotatable bonds is 1. The van der Waals surface area contributed by atoms with Crippen molar-refractivity contribution >= 4 is 9.84 Å². The quantitative estimate of drug-likeness (QED) is 0.711. The molecule has 3 rings (SSSR count). The topological polar surface area (TPSA) is 66.4 Å². The minimum atomic E-state index is -2.86. The fourth-order valence-electron chi connectivity index (χ4n) is 4.06. The van der Waals surface area contributed by atoms with E-state index in [1.54, 1.807) is 0 Å². The van der Waals surface area contributed by atoms with E-state index in [2.05, 4.69) is 5.32 Å². The second kappa shape index (κ2) is 4.21. The van der Waals surface area contributed by atoms with E-state index in [0.717, 1.165) is 32.1 Å². The Kier molecular flexibility index (Phi) is 2.96. The molecule has 17 heavy (non-hydrogen) atoms. The number of piperidine rings is 1. The van der Waals surface area contributed by atoms with Crippen LogP contribution in [0.5, 0.6) is 0 Å². The lowest BCUT2D eigenvalue weighted by molar-refractivity contribution is 0.0219. The van der Waals surface area contributed by atoms with E-state index in [1.165, 1.54) is 0 Å². The third kappa shape index (κ3) is 2.25. The SMILES string of the molecule is O=S1(=O)CCCC(C2C(O)CC3CCC2N3)C1. The Balaban J connectivity index is 1.78. The second-order valence-corrected chi connectivity index (χ2v) is 8.17. The van der Waals surface area contributed by atoms with Crippen molar-refractivity contribution in [2.24, 2.45) is 11.8 Å². The van der Waals surface area contributed by atoms with Gasteiger partial charge in [0.05, 0.1) is 17.6 Å². The molecule has 2 bridgehead atoms. The lowest BCUT2D eigenvalue weighted by Gasteiger charge is -2.41. The summed E-state index contributed by atoms with van der Waals surface area (Å²) in [5.41, 5.74) is 0. The monoisotopic (exact) mass is 259 g/mol. The number of hydrogen-bond acceptors (Lipinski definition) is 4. The van der Waals surface area contributed by atoms with Gasteiger partial charge in [-0.3, -0.25) is 0 Å². The molecule has 3 saturated heterocycles. The van der Waals surface area contributed by atoms with Crippen LogP contribution in [0.15, 0.2) is 0 Å². The molecule has 2 N–H and O–H groups in total. The smallest absolute Gasteiger partial charge is 0.150 e. The van der Waals surface area contributed by atoms with E-state index in [4.69, 9.17) is 0 Å². The van der Waals surface area contributed by atoms with Gasteiger partial charge in [0.2, 0.25) is 0 Å². The highest BCUT2D eigenvalue weighted by Crippen LogP contribution is 2.39. The Hall–Kier alpha value is -0.130. The predicted molar refractivity (Wildman–Crippen MR) is 65.4 cm³/mol. The number of aliphatic hydroxyl groups excluding tert-OH is 1. The van der Waals surface area contributed by atoms with Gasteiger partial charge in [-0.15, -0.1) is 0 Å². The summed E-state index contributed by atoms with van der Waals surface area (Å²) in [4.78, 5) is 0.